The van der Waals surface area contributed by atoms with Crippen LogP contribution in [-0.4, -0.2) is 10.1 Å². The second kappa shape index (κ2) is 4.72. The third kappa shape index (κ3) is 2.90. The highest BCUT2D eigenvalue weighted by Gasteiger charge is 2.21. The first-order valence-electron chi connectivity index (χ1n) is 4.79. The van der Waals surface area contributed by atoms with Crippen molar-refractivity contribution in [1.29, 1.82) is 0 Å². The molecule has 0 spiro atoms. The van der Waals surface area contributed by atoms with Crippen LogP contribution in [0.1, 0.15) is 31.7 Å². The zero-order chi connectivity index (χ0) is 11.4. The molecule has 1 rings (SSSR count). The standard InChI is InChI=1S/C10H14N2O3/c1-7(2)5-4-6-9-10(12(13)14)8(3)15-11-9/h4,6-7H,5H2,1-3H3. The van der Waals surface area contributed by atoms with E-state index in [2.05, 4.69) is 19.0 Å². The molecule has 15 heavy (non-hydrogen) atoms. The zero-order valence-electron chi connectivity index (χ0n) is 9.06. The number of rotatable bonds is 4. The minimum atomic E-state index is -0.471. The topological polar surface area (TPSA) is 69.2 Å². The number of aryl methyl sites for hydroxylation is 1. The third-order valence-corrected chi connectivity index (χ3v) is 1.92. The highest BCUT2D eigenvalue weighted by atomic mass is 16.6. The fourth-order valence-corrected chi connectivity index (χ4v) is 1.17. The number of allylic oxidation sites excluding steroid dienone is 1. The van der Waals surface area contributed by atoms with Gasteiger partial charge in [0.25, 0.3) is 0 Å². The Labute approximate surface area is 87.9 Å². The molecule has 0 aliphatic rings. The lowest BCUT2D eigenvalue weighted by molar-refractivity contribution is -0.386. The summed E-state index contributed by atoms with van der Waals surface area (Å²) in [6.45, 7) is 5.69. The van der Waals surface area contributed by atoms with Crippen LogP contribution in [0.5, 0.6) is 0 Å². The Morgan fingerprint density at radius 1 is 1.60 bits per heavy atom. The molecular weight excluding hydrogens is 196 g/mol. The minimum Gasteiger partial charge on any atom is -0.354 e. The van der Waals surface area contributed by atoms with E-state index in [1.807, 2.05) is 6.08 Å². The largest absolute Gasteiger partial charge is 0.354 e. The molecule has 0 atom stereocenters. The van der Waals surface area contributed by atoms with Crippen molar-refractivity contribution < 1.29 is 9.45 Å². The molecule has 0 saturated carbocycles. The second-order valence-electron chi connectivity index (χ2n) is 3.76. The first-order chi connectivity index (χ1) is 7.02. The molecule has 0 radical (unpaired) electrons. The molecule has 0 aliphatic heterocycles. The van der Waals surface area contributed by atoms with Gasteiger partial charge in [0, 0.05) is 6.92 Å². The lowest BCUT2D eigenvalue weighted by atomic mass is 10.1. The Kier molecular flexibility index (Phi) is 3.60. The van der Waals surface area contributed by atoms with E-state index < -0.39 is 4.92 Å². The van der Waals surface area contributed by atoms with Crippen LogP contribution in [0, 0.1) is 23.0 Å². The zero-order valence-corrected chi connectivity index (χ0v) is 9.06. The van der Waals surface area contributed by atoms with Crippen molar-refractivity contribution >= 4 is 11.8 Å². The summed E-state index contributed by atoms with van der Waals surface area (Å²) < 4.78 is 4.77. The molecule has 1 heterocycles. The lowest BCUT2D eigenvalue weighted by Crippen LogP contribution is -1.90. The molecule has 0 amide bonds. The highest BCUT2D eigenvalue weighted by molar-refractivity contribution is 5.57. The lowest BCUT2D eigenvalue weighted by Gasteiger charge is -1.95. The maximum Gasteiger partial charge on any atom is 0.338 e. The first kappa shape index (κ1) is 11.4. The number of aromatic nitrogens is 1. The van der Waals surface area contributed by atoms with Gasteiger partial charge >= 0.3 is 5.69 Å². The molecule has 0 N–H and O–H groups in total. The average Bonchev–Trinajstić information content (AvgIpc) is 2.46. The van der Waals surface area contributed by atoms with Gasteiger partial charge in [-0.2, -0.15) is 0 Å². The fraction of sp³-hybridized carbons (Fsp3) is 0.500. The van der Waals surface area contributed by atoms with Gasteiger partial charge in [0.1, 0.15) is 0 Å². The highest BCUT2D eigenvalue weighted by Crippen LogP contribution is 2.23. The van der Waals surface area contributed by atoms with Gasteiger partial charge in [-0.05, 0) is 18.4 Å². The van der Waals surface area contributed by atoms with Gasteiger partial charge in [-0.1, -0.05) is 25.1 Å². The number of nitrogens with zero attached hydrogens (tertiary/aromatic N) is 2. The van der Waals surface area contributed by atoms with Crippen molar-refractivity contribution in [2.75, 3.05) is 0 Å². The molecule has 5 nitrogen and oxygen atoms in total. The normalized spacial score (nSPS) is 11.5. The van der Waals surface area contributed by atoms with Gasteiger partial charge < -0.3 is 4.52 Å². The molecule has 1 aromatic heterocycles. The Morgan fingerprint density at radius 3 is 2.80 bits per heavy atom. The molecule has 0 aromatic carbocycles. The monoisotopic (exact) mass is 210 g/mol. The molecular formula is C10H14N2O3. The van der Waals surface area contributed by atoms with Crippen molar-refractivity contribution in [3.05, 3.63) is 27.6 Å². The molecule has 82 valence electrons. The number of nitro groups is 1. The van der Waals surface area contributed by atoms with Crippen LogP contribution in [-0.2, 0) is 0 Å². The van der Waals surface area contributed by atoms with Crippen LogP contribution in [0.3, 0.4) is 0 Å². The Bertz CT molecular complexity index is 380. The quantitative estimate of drug-likeness (QED) is 0.565. The van der Waals surface area contributed by atoms with E-state index in [4.69, 9.17) is 4.52 Å². The Balaban J connectivity index is 2.86. The van der Waals surface area contributed by atoms with Crippen molar-refractivity contribution in [3.8, 4) is 0 Å². The summed E-state index contributed by atoms with van der Waals surface area (Å²) in [6.07, 6.45) is 4.37. The Hall–Kier alpha value is -1.65. The van der Waals surface area contributed by atoms with Crippen molar-refractivity contribution in [3.63, 3.8) is 0 Å². The molecule has 5 heteroatoms. The average molecular weight is 210 g/mol. The van der Waals surface area contributed by atoms with E-state index in [0.29, 0.717) is 5.92 Å². The molecule has 0 saturated heterocycles. The first-order valence-corrected chi connectivity index (χ1v) is 4.79. The van der Waals surface area contributed by atoms with Gasteiger partial charge in [-0.15, -0.1) is 0 Å². The van der Waals surface area contributed by atoms with Crippen LogP contribution in [0.2, 0.25) is 0 Å². The number of hydrogen-bond donors (Lipinski definition) is 0. The van der Waals surface area contributed by atoms with E-state index >= 15 is 0 Å². The molecule has 0 unspecified atom stereocenters. The maximum atomic E-state index is 10.7. The molecule has 0 bridgehead atoms. The number of hydrogen-bond acceptors (Lipinski definition) is 4. The summed E-state index contributed by atoms with van der Waals surface area (Å²) in [7, 11) is 0. The van der Waals surface area contributed by atoms with E-state index in [9.17, 15) is 10.1 Å². The summed E-state index contributed by atoms with van der Waals surface area (Å²) in [4.78, 5) is 10.2. The molecule has 1 aromatic rings. The van der Waals surface area contributed by atoms with Crippen molar-refractivity contribution in [1.82, 2.24) is 5.16 Å². The molecule has 0 fully saturated rings. The summed E-state index contributed by atoms with van der Waals surface area (Å²) in [5, 5.41) is 14.3. The summed E-state index contributed by atoms with van der Waals surface area (Å²) in [6, 6.07) is 0. The van der Waals surface area contributed by atoms with Crippen LogP contribution >= 0.6 is 0 Å². The van der Waals surface area contributed by atoms with E-state index in [1.54, 1.807) is 6.08 Å². The second-order valence-corrected chi connectivity index (χ2v) is 3.76. The smallest absolute Gasteiger partial charge is 0.338 e. The van der Waals surface area contributed by atoms with Gasteiger partial charge in [0.2, 0.25) is 5.76 Å². The van der Waals surface area contributed by atoms with Gasteiger partial charge in [0.05, 0.1) is 4.92 Å². The fourth-order valence-electron chi connectivity index (χ4n) is 1.17. The van der Waals surface area contributed by atoms with Gasteiger partial charge in [-0.3, -0.25) is 10.1 Å². The summed E-state index contributed by atoms with van der Waals surface area (Å²) >= 11 is 0. The Morgan fingerprint density at radius 2 is 2.27 bits per heavy atom. The molecule has 0 aliphatic carbocycles. The van der Waals surface area contributed by atoms with Gasteiger partial charge in [-0.25, -0.2) is 0 Å². The summed E-state index contributed by atoms with van der Waals surface area (Å²) in [5.41, 5.74) is 0.244. The van der Waals surface area contributed by atoms with Crippen LogP contribution in [0.4, 0.5) is 5.69 Å². The van der Waals surface area contributed by atoms with Gasteiger partial charge in [0.15, 0.2) is 5.69 Å². The van der Waals surface area contributed by atoms with Crippen LogP contribution in [0.25, 0.3) is 6.08 Å². The summed E-state index contributed by atoms with van der Waals surface area (Å²) in [5.74, 6) is 0.762. The SMILES string of the molecule is Cc1onc(C=CCC(C)C)c1[N+](=O)[O-]. The van der Waals surface area contributed by atoms with E-state index in [1.165, 1.54) is 6.92 Å². The maximum absolute atomic E-state index is 10.7. The van der Waals surface area contributed by atoms with Crippen molar-refractivity contribution in [2.24, 2.45) is 5.92 Å². The van der Waals surface area contributed by atoms with Crippen LogP contribution < -0.4 is 0 Å². The predicted octanol–water partition coefficient (Wildman–Crippen LogP) is 2.95. The van der Waals surface area contributed by atoms with Crippen LogP contribution in [0.15, 0.2) is 10.6 Å². The predicted molar refractivity (Wildman–Crippen MR) is 56.4 cm³/mol. The van der Waals surface area contributed by atoms with E-state index in [-0.39, 0.29) is 17.1 Å². The van der Waals surface area contributed by atoms with Crippen molar-refractivity contribution in [2.45, 2.75) is 27.2 Å². The third-order valence-electron chi connectivity index (χ3n) is 1.92. The van der Waals surface area contributed by atoms with E-state index in [0.717, 1.165) is 6.42 Å². The minimum absolute atomic E-state index is 0.0463.